The van der Waals surface area contributed by atoms with Gasteiger partial charge in [-0.25, -0.2) is 4.98 Å². The summed E-state index contributed by atoms with van der Waals surface area (Å²) in [5.74, 6) is 1.94. The molecule has 7 heteroatoms. The van der Waals surface area contributed by atoms with Crippen LogP contribution in [0.2, 0.25) is 5.28 Å². The van der Waals surface area contributed by atoms with Gasteiger partial charge >= 0.3 is 0 Å². The van der Waals surface area contributed by atoms with Crippen molar-refractivity contribution < 1.29 is 0 Å². The summed E-state index contributed by atoms with van der Waals surface area (Å²) in [6.07, 6.45) is 9.96. The molecule has 0 aliphatic heterocycles. The average molecular weight is 307 g/mol. The molecule has 0 spiro atoms. The second kappa shape index (κ2) is 5.97. The highest BCUT2D eigenvalue weighted by molar-refractivity contribution is 6.28. The molecule has 0 unspecified atom stereocenters. The molecule has 1 aliphatic carbocycles. The van der Waals surface area contributed by atoms with Gasteiger partial charge < -0.3 is 4.90 Å². The number of hydrogen-bond acceptors (Lipinski definition) is 5. The van der Waals surface area contributed by atoms with Crippen LogP contribution in [0.25, 0.3) is 5.95 Å². The highest BCUT2D eigenvalue weighted by Gasteiger charge is 2.24. The summed E-state index contributed by atoms with van der Waals surface area (Å²) in [5.41, 5.74) is 0. The lowest BCUT2D eigenvalue weighted by molar-refractivity contribution is 0.339. The van der Waals surface area contributed by atoms with Gasteiger partial charge in [0.15, 0.2) is 0 Å². The van der Waals surface area contributed by atoms with E-state index in [1.165, 1.54) is 25.7 Å². The van der Waals surface area contributed by atoms with Crippen LogP contribution in [0.1, 0.15) is 32.6 Å². The second-order valence-electron chi connectivity index (χ2n) is 5.70. The molecule has 21 heavy (non-hydrogen) atoms. The fourth-order valence-corrected chi connectivity index (χ4v) is 2.92. The fraction of sp³-hybridized carbons (Fsp3) is 0.571. The van der Waals surface area contributed by atoms with E-state index in [1.807, 2.05) is 7.05 Å². The van der Waals surface area contributed by atoms with Crippen molar-refractivity contribution in [3.05, 3.63) is 24.0 Å². The summed E-state index contributed by atoms with van der Waals surface area (Å²) in [6.45, 7) is 2.31. The van der Waals surface area contributed by atoms with Crippen LogP contribution in [0.4, 0.5) is 5.95 Å². The Morgan fingerprint density at radius 2 is 1.95 bits per heavy atom. The Morgan fingerprint density at radius 3 is 2.62 bits per heavy atom. The van der Waals surface area contributed by atoms with Crippen molar-refractivity contribution in [1.29, 1.82) is 0 Å². The Bertz CT molecular complexity index is 592. The standard InChI is InChI=1S/C14H19ClN6/c1-10-3-5-11(6-4-10)20(2)13-17-12(15)18-14(19-13)21-8-7-16-9-21/h7-11H,3-6H2,1-2H3. The second-order valence-corrected chi connectivity index (χ2v) is 6.04. The SMILES string of the molecule is CC1CCC(N(C)c2nc(Cl)nc(-n3ccnc3)n2)CC1. The van der Waals surface area contributed by atoms with Gasteiger partial charge in [-0.15, -0.1) is 0 Å². The number of hydrogen-bond donors (Lipinski definition) is 0. The smallest absolute Gasteiger partial charge is 0.241 e. The van der Waals surface area contributed by atoms with Gasteiger partial charge in [0.1, 0.15) is 6.33 Å². The van der Waals surface area contributed by atoms with E-state index in [-0.39, 0.29) is 5.28 Å². The van der Waals surface area contributed by atoms with E-state index >= 15 is 0 Å². The van der Waals surface area contributed by atoms with Crippen LogP contribution in [0, 0.1) is 5.92 Å². The zero-order valence-electron chi connectivity index (χ0n) is 12.3. The Kier molecular flexibility index (Phi) is 4.05. The summed E-state index contributed by atoms with van der Waals surface area (Å²) in [5, 5.41) is 0.208. The molecule has 0 atom stereocenters. The molecule has 0 radical (unpaired) electrons. The number of rotatable bonds is 3. The number of imidazole rings is 1. The van der Waals surface area contributed by atoms with E-state index in [4.69, 9.17) is 11.6 Å². The molecular formula is C14H19ClN6. The van der Waals surface area contributed by atoms with E-state index in [9.17, 15) is 0 Å². The van der Waals surface area contributed by atoms with Gasteiger partial charge in [-0.1, -0.05) is 6.92 Å². The van der Waals surface area contributed by atoms with Crippen LogP contribution < -0.4 is 4.90 Å². The molecule has 112 valence electrons. The Balaban J connectivity index is 1.84. The molecule has 0 amide bonds. The molecule has 3 rings (SSSR count). The maximum Gasteiger partial charge on any atom is 0.241 e. The minimum absolute atomic E-state index is 0.208. The van der Waals surface area contributed by atoms with E-state index in [0.717, 1.165) is 5.92 Å². The summed E-state index contributed by atoms with van der Waals surface area (Å²) < 4.78 is 1.73. The lowest BCUT2D eigenvalue weighted by Gasteiger charge is -2.33. The van der Waals surface area contributed by atoms with Crippen molar-refractivity contribution in [1.82, 2.24) is 24.5 Å². The maximum absolute atomic E-state index is 6.05. The molecular weight excluding hydrogens is 288 g/mol. The lowest BCUT2D eigenvalue weighted by Crippen LogP contribution is -2.36. The van der Waals surface area contributed by atoms with E-state index < -0.39 is 0 Å². The van der Waals surface area contributed by atoms with Gasteiger partial charge in [-0.2, -0.15) is 15.0 Å². The number of aromatic nitrogens is 5. The van der Waals surface area contributed by atoms with Crippen LogP contribution >= 0.6 is 11.6 Å². The molecule has 0 bridgehead atoms. The zero-order chi connectivity index (χ0) is 14.8. The van der Waals surface area contributed by atoms with Gasteiger partial charge in [-0.05, 0) is 43.2 Å². The molecule has 1 saturated carbocycles. The number of halogens is 1. The summed E-state index contributed by atoms with van der Waals surface area (Å²) >= 11 is 6.05. The lowest BCUT2D eigenvalue weighted by atomic mass is 9.87. The Hall–Kier alpha value is -1.69. The van der Waals surface area contributed by atoms with Crippen molar-refractivity contribution in [3.63, 3.8) is 0 Å². The molecule has 6 nitrogen and oxygen atoms in total. The van der Waals surface area contributed by atoms with Crippen LogP contribution in [-0.4, -0.2) is 37.6 Å². The van der Waals surface area contributed by atoms with Crippen LogP contribution in [0.5, 0.6) is 0 Å². The maximum atomic E-state index is 6.05. The Labute approximate surface area is 129 Å². The molecule has 1 aliphatic rings. The van der Waals surface area contributed by atoms with Crippen molar-refractivity contribution in [2.75, 3.05) is 11.9 Å². The fourth-order valence-electron chi connectivity index (χ4n) is 2.77. The molecule has 2 heterocycles. The van der Waals surface area contributed by atoms with Crippen molar-refractivity contribution in [3.8, 4) is 5.95 Å². The number of anilines is 1. The van der Waals surface area contributed by atoms with Crippen LogP contribution in [0.15, 0.2) is 18.7 Å². The number of nitrogens with zero attached hydrogens (tertiary/aromatic N) is 6. The first-order valence-electron chi connectivity index (χ1n) is 7.26. The van der Waals surface area contributed by atoms with Gasteiger partial charge in [0.25, 0.3) is 0 Å². The summed E-state index contributed by atoms with van der Waals surface area (Å²) in [6, 6.07) is 0.468. The molecule has 0 saturated heterocycles. The summed E-state index contributed by atoms with van der Waals surface area (Å²) in [4.78, 5) is 19.1. The van der Waals surface area contributed by atoms with Crippen molar-refractivity contribution >= 4 is 17.5 Å². The summed E-state index contributed by atoms with van der Waals surface area (Å²) in [7, 11) is 2.03. The first kappa shape index (κ1) is 14.3. The zero-order valence-corrected chi connectivity index (χ0v) is 13.0. The van der Waals surface area contributed by atoms with E-state index in [0.29, 0.717) is 17.9 Å². The minimum atomic E-state index is 0.208. The van der Waals surface area contributed by atoms with E-state index in [1.54, 1.807) is 23.3 Å². The molecule has 1 fully saturated rings. The highest BCUT2D eigenvalue weighted by Crippen LogP contribution is 2.28. The predicted octanol–water partition coefficient (Wildman–Crippen LogP) is 2.73. The largest absolute Gasteiger partial charge is 0.341 e. The first-order chi connectivity index (χ1) is 10.1. The average Bonchev–Trinajstić information content (AvgIpc) is 3.01. The topological polar surface area (TPSA) is 59.7 Å². The normalized spacial score (nSPS) is 22.2. The first-order valence-corrected chi connectivity index (χ1v) is 7.64. The monoisotopic (exact) mass is 306 g/mol. The molecule has 0 N–H and O–H groups in total. The third kappa shape index (κ3) is 3.15. The van der Waals surface area contributed by atoms with Crippen LogP contribution in [0.3, 0.4) is 0 Å². The van der Waals surface area contributed by atoms with Crippen molar-refractivity contribution in [2.45, 2.75) is 38.6 Å². The van der Waals surface area contributed by atoms with Crippen LogP contribution in [-0.2, 0) is 0 Å². The van der Waals surface area contributed by atoms with Crippen molar-refractivity contribution in [2.24, 2.45) is 5.92 Å². The van der Waals surface area contributed by atoms with Gasteiger partial charge in [-0.3, -0.25) is 4.57 Å². The van der Waals surface area contributed by atoms with Gasteiger partial charge in [0, 0.05) is 25.5 Å². The Morgan fingerprint density at radius 1 is 1.19 bits per heavy atom. The van der Waals surface area contributed by atoms with Gasteiger partial charge in [0.05, 0.1) is 0 Å². The molecule has 2 aromatic heterocycles. The quantitative estimate of drug-likeness (QED) is 0.872. The molecule has 2 aromatic rings. The van der Waals surface area contributed by atoms with E-state index in [2.05, 4.69) is 31.8 Å². The third-order valence-corrected chi connectivity index (χ3v) is 4.34. The minimum Gasteiger partial charge on any atom is -0.341 e. The molecule has 0 aromatic carbocycles. The highest BCUT2D eigenvalue weighted by atomic mass is 35.5. The van der Waals surface area contributed by atoms with Gasteiger partial charge in [0.2, 0.25) is 17.2 Å². The third-order valence-electron chi connectivity index (χ3n) is 4.17. The predicted molar refractivity (Wildman–Crippen MR) is 81.8 cm³/mol.